The largest absolute Gasteiger partial charge is 0.507 e. The molecule has 0 saturated heterocycles. The number of phenolic OH excluding ortho intramolecular Hbond substituents is 1. The third-order valence-corrected chi connectivity index (χ3v) is 3.20. The van der Waals surface area contributed by atoms with Crippen molar-refractivity contribution in [2.75, 3.05) is 0 Å². The molecule has 106 valence electrons. The number of aromatic hydroxyl groups is 1. The van der Waals surface area contributed by atoms with Crippen molar-refractivity contribution in [3.63, 3.8) is 0 Å². The predicted molar refractivity (Wildman–Crippen MR) is 76.9 cm³/mol. The van der Waals surface area contributed by atoms with E-state index in [1.807, 2.05) is 20.2 Å². The zero-order valence-corrected chi connectivity index (χ0v) is 12.1. The Bertz CT molecular complexity index is 637. The van der Waals surface area contributed by atoms with Crippen LogP contribution in [0.1, 0.15) is 28.5 Å². The molecule has 0 aliphatic carbocycles. The van der Waals surface area contributed by atoms with Gasteiger partial charge in [0.2, 0.25) is 0 Å². The predicted octanol–water partition coefficient (Wildman–Crippen LogP) is 2.27. The zero-order valence-electron chi connectivity index (χ0n) is 11.4. The SMILES string of the molecule is CCc1nn(C)cc1CNC(=O)c1cc(Cl)ccc1O. The Morgan fingerprint density at radius 2 is 2.25 bits per heavy atom. The van der Waals surface area contributed by atoms with Crippen LogP contribution in [0, 0.1) is 0 Å². The maximum absolute atomic E-state index is 12.0. The van der Waals surface area contributed by atoms with E-state index in [0.29, 0.717) is 11.6 Å². The molecule has 1 aromatic heterocycles. The number of phenols is 1. The Hall–Kier alpha value is -2.01. The normalized spacial score (nSPS) is 10.6. The van der Waals surface area contributed by atoms with Crippen LogP contribution >= 0.6 is 11.6 Å². The van der Waals surface area contributed by atoms with E-state index in [1.54, 1.807) is 4.68 Å². The van der Waals surface area contributed by atoms with Crippen LogP contribution in [0.3, 0.4) is 0 Å². The highest BCUT2D eigenvalue weighted by atomic mass is 35.5. The van der Waals surface area contributed by atoms with Crippen LogP contribution in [-0.4, -0.2) is 20.8 Å². The van der Waals surface area contributed by atoms with E-state index >= 15 is 0 Å². The number of nitrogens with zero attached hydrogens (tertiary/aromatic N) is 2. The molecule has 2 rings (SSSR count). The quantitative estimate of drug-likeness (QED) is 0.909. The summed E-state index contributed by atoms with van der Waals surface area (Å²) >= 11 is 5.82. The number of aryl methyl sites for hydroxylation is 2. The molecule has 0 unspecified atom stereocenters. The minimum absolute atomic E-state index is 0.0891. The average molecular weight is 294 g/mol. The zero-order chi connectivity index (χ0) is 14.7. The number of benzene rings is 1. The smallest absolute Gasteiger partial charge is 0.255 e. The van der Waals surface area contributed by atoms with Gasteiger partial charge in [0, 0.05) is 30.4 Å². The number of carbonyl (C=O) groups excluding carboxylic acids is 1. The number of aromatic nitrogens is 2. The van der Waals surface area contributed by atoms with E-state index < -0.39 is 0 Å². The Morgan fingerprint density at radius 1 is 1.50 bits per heavy atom. The second kappa shape index (κ2) is 5.96. The van der Waals surface area contributed by atoms with E-state index in [2.05, 4.69) is 10.4 Å². The molecule has 0 aliphatic rings. The van der Waals surface area contributed by atoms with Crippen LogP contribution in [0.15, 0.2) is 24.4 Å². The van der Waals surface area contributed by atoms with Crippen molar-refractivity contribution in [3.05, 3.63) is 46.2 Å². The maximum atomic E-state index is 12.0. The number of carbonyl (C=O) groups is 1. The summed E-state index contributed by atoms with van der Waals surface area (Å²) in [6, 6.07) is 4.37. The molecule has 1 heterocycles. The highest BCUT2D eigenvalue weighted by molar-refractivity contribution is 6.31. The van der Waals surface area contributed by atoms with Crippen LogP contribution in [0.25, 0.3) is 0 Å². The van der Waals surface area contributed by atoms with Crippen LogP contribution in [0.4, 0.5) is 0 Å². The molecule has 0 spiro atoms. The first-order valence-corrected chi connectivity index (χ1v) is 6.67. The summed E-state index contributed by atoms with van der Waals surface area (Å²) in [5.41, 5.74) is 2.08. The summed E-state index contributed by atoms with van der Waals surface area (Å²) in [6.45, 7) is 2.37. The second-order valence-corrected chi connectivity index (χ2v) is 4.91. The van der Waals surface area contributed by atoms with Crippen LogP contribution < -0.4 is 5.32 Å². The summed E-state index contributed by atoms with van der Waals surface area (Å²) in [5, 5.41) is 17.1. The number of hydrogen-bond donors (Lipinski definition) is 2. The molecular weight excluding hydrogens is 278 g/mol. The van der Waals surface area contributed by atoms with Crippen LogP contribution in [0.2, 0.25) is 5.02 Å². The molecule has 0 atom stereocenters. The summed E-state index contributed by atoms with van der Waals surface area (Å²) in [4.78, 5) is 12.0. The van der Waals surface area contributed by atoms with E-state index in [1.165, 1.54) is 18.2 Å². The van der Waals surface area contributed by atoms with Crippen molar-refractivity contribution >= 4 is 17.5 Å². The number of nitrogens with one attached hydrogen (secondary N) is 1. The van der Waals surface area contributed by atoms with E-state index in [4.69, 9.17) is 11.6 Å². The lowest BCUT2D eigenvalue weighted by Crippen LogP contribution is -2.23. The molecule has 1 amide bonds. The van der Waals surface area contributed by atoms with Gasteiger partial charge in [-0.3, -0.25) is 9.48 Å². The lowest BCUT2D eigenvalue weighted by Gasteiger charge is -2.07. The highest BCUT2D eigenvalue weighted by Gasteiger charge is 2.13. The standard InChI is InChI=1S/C14H16ClN3O2/c1-3-12-9(8-18(2)17-12)7-16-14(20)11-6-10(15)4-5-13(11)19/h4-6,8,19H,3,7H2,1-2H3,(H,16,20). The first kappa shape index (κ1) is 14.4. The molecule has 0 saturated carbocycles. The Kier molecular flexibility index (Phi) is 4.29. The summed E-state index contributed by atoms with van der Waals surface area (Å²) in [5.74, 6) is -0.454. The first-order valence-electron chi connectivity index (χ1n) is 6.29. The number of halogens is 1. The minimum Gasteiger partial charge on any atom is -0.507 e. The average Bonchev–Trinajstić information content (AvgIpc) is 2.79. The van der Waals surface area contributed by atoms with Gasteiger partial charge in [0.1, 0.15) is 5.75 Å². The number of amides is 1. The third kappa shape index (κ3) is 3.11. The molecule has 0 fully saturated rings. The van der Waals surface area contributed by atoms with Gasteiger partial charge in [0.25, 0.3) is 5.91 Å². The van der Waals surface area contributed by atoms with Crippen molar-refractivity contribution in [2.24, 2.45) is 7.05 Å². The van der Waals surface area contributed by atoms with Gasteiger partial charge in [0.15, 0.2) is 0 Å². The molecule has 2 aromatic rings. The van der Waals surface area contributed by atoms with Gasteiger partial charge in [-0.1, -0.05) is 18.5 Å². The van der Waals surface area contributed by atoms with Crippen molar-refractivity contribution in [2.45, 2.75) is 19.9 Å². The molecule has 20 heavy (non-hydrogen) atoms. The Morgan fingerprint density at radius 3 is 2.95 bits per heavy atom. The lowest BCUT2D eigenvalue weighted by atomic mass is 10.1. The Labute approximate surface area is 122 Å². The lowest BCUT2D eigenvalue weighted by molar-refractivity contribution is 0.0948. The van der Waals surface area contributed by atoms with Crippen molar-refractivity contribution in [3.8, 4) is 5.75 Å². The molecule has 0 bridgehead atoms. The second-order valence-electron chi connectivity index (χ2n) is 4.47. The third-order valence-electron chi connectivity index (χ3n) is 2.97. The molecule has 2 N–H and O–H groups in total. The molecule has 1 aromatic carbocycles. The summed E-state index contributed by atoms with van der Waals surface area (Å²) in [7, 11) is 1.84. The van der Waals surface area contributed by atoms with Gasteiger partial charge in [0.05, 0.1) is 11.3 Å². The molecule has 0 aliphatic heterocycles. The molecule has 0 radical (unpaired) electrons. The molecule has 5 nitrogen and oxygen atoms in total. The van der Waals surface area contributed by atoms with E-state index in [0.717, 1.165) is 17.7 Å². The summed E-state index contributed by atoms with van der Waals surface area (Å²) in [6.07, 6.45) is 2.67. The molecule has 6 heteroatoms. The Balaban J connectivity index is 2.10. The molecular formula is C14H16ClN3O2. The van der Waals surface area contributed by atoms with Crippen LogP contribution in [0.5, 0.6) is 5.75 Å². The van der Waals surface area contributed by atoms with Gasteiger partial charge >= 0.3 is 0 Å². The monoisotopic (exact) mass is 293 g/mol. The van der Waals surface area contributed by atoms with Gasteiger partial charge in [-0.25, -0.2) is 0 Å². The van der Waals surface area contributed by atoms with Gasteiger partial charge in [-0.15, -0.1) is 0 Å². The van der Waals surface area contributed by atoms with E-state index in [9.17, 15) is 9.90 Å². The van der Waals surface area contributed by atoms with Crippen molar-refractivity contribution in [1.29, 1.82) is 0 Å². The number of rotatable bonds is 4. The number of hydrogen-bond acceptors (Lipinski definition) is 3. The fourth-order valence-corrected chi connectivity index (χ4v) is 2.16. The van der Waals surface area contributed by atoms with E-state index in [-0.39, 0.29) is 17.2 Å². The maximum Gasteiger partial charge on any atom is 0.255 e. The first-order chi connectivity index (χ1) is 9.51. The fourth-order valence-electron chi connectivity index (χ4n) is 1.99. The fraction of sp³-hybridized carbons (Fsp3) is 0.286. The van der Waals surface area contributed by atoms with Gasteiger partial charge in [-0.2, -0.15) is 5.10 Å². The van der Waals surface area contributed by atoms with Gasteiger partial charge in [-0.05, 0) is 24.6 Å². The van der Waals surface area contributed by atoms with Crippen LogP contribution in [-0.2, 0) is 20.0 Å². The highest BCUT2D eigenvalue weighted by Crippen LogP contribution is 2.21. The van der Waals surface area contributed by atoms with Crippen molar-refractivity contribution in [1.82, 2.24) is 15.1 Å². The van der Waals surface area contributed by atoms with Gasteiger partial charge < -0.3 is 10.4 Å². The van der Waals surface area contributed by atoms with Crippen molar-refractivity contribution < 1.29 is 9.90 Å². The summed E-state index contributed by atoms with van der Waals surface area (Å²) < 4.78 is 1.72. The minimum atomic E-state index is -0.365. The topological polar surface area (TPSA) is 67.2 Å².